The molecule has 2 aromatic heterocycles. The Morgan fingerprint density at radius 1 is 1.20 bits per heavy atom. The summed E-state index contributed by atoms with van der Waals surface area (Å²) in [5.74, 6) is -0.0348. The van der Waals surface area contributed by atoms with Gasteiger partial charge in [0.25, 0.3) is 11.5 Å². The molecular formula is C22H23ClN4O2S. The molecule has 30 heavy (non-hydrogen) atoms. The Bertz CT molecular complexity index is 1140. The molecule has 3 aromatic rings. The van der Waals surface area contributed by atoms with Crippen molar-refractivity contribution < 1.29 is 4.79 Å². The van der Waals surface area contributed by atoms with Gasteiger partial charge < -0.3 is 4.90 Å². The van der Waals surface area contributed by atoms with Crippen LogP contribution in [0.1, 0.15) is 43.0 Å². The molecule has 1 aliphatic heterocycles. The van der Waals surface area contributed by atoms with Crippen LogP contribution in [0.25, 0.3) is 10.9 Å². The van der Waals surface area contributed by atoms with Crippen molar-refractivity contribution in [1.82, 2.24) is 19.4 Å². The van der Waals surface area contributed by atoms with Crippen LogP contribution in [0.3, 0.4) is 0 Å². The summed E-state index contributed by atoms with van der Waals surface area (Å²) >= 11 is 7.73. The summed E-state index contributed by atoms with van der Waals surface area (Å²) < 4.78 is 1.66. The van der Waals surface area contributed by atoms with Crippen molar-refractivity contribution in [3.8, 4) is 0 Å². The SMILES string of the molecule is CCCn1c(Sc2ncc(C(=O)N3CCCCC3)cc2Cl)nc2ccccc2c1=O. The number of piperidine rings is 1. The van der Waals surface area contributed by atoms with Crippen LogP contribution in [0, 0.1) is 0 Å². The number of para-hydroxylation sites is 1. The zero-order valence-corrected chi connectivity index (χ0v) is 18.4. The van der Waals surface area contributed by atoms with Crippen molar-refractivity contribution in [2.45, 2.75) is 49.3 Å². The van der Waals surface area contributed by atoms with E-state index in [0.717, 1.165) is 38.8 Å². The van der Waals surface area contributed by atoms with Crippen LogP contribution in [0.15, 0.2) is 51.5 Å². The molecule has 0 unspecified atom stereocenters. The minimum atomic E-state index is -0.0713. The first-order valence-electron chi connectivity index (χ1n) is 10.2. The van der Waals surface area contributed by atoms with Gasteiger partial charge in [0.2, 0.25) is 0 Å². The number of likely N-dealkylation sites (tertiary alicyclic amines) is 1. The predicted octanol–water partition coefficient (Wildman–Crippen LogP) is 4.63. The summed E-state index contributed by atoms with van der Waals surface area (Å²) in [5, 5.41) is 2.05. The Morgan fingerprint density at radius 3 is 2.70 bits per heavy atom. The fourth-order valence-electron chi connectivity index (χ4n) is 3.63. The van der Waals surface area contributed by atoms with E-state index in [4.69, 9.17) is 11.6 Å². The first kappa shape index (κ1) is 20.9. The van der Waals surface area contributed by atoms with Gasteiger partial charge in [-0.25, -0.2) is 9.97 Å². The fraction of sp³-hybridized carbons (Fsp3) is 0.364. The number of rotatable bonds is 5. The van der Waals surface area contributed by atoms with Gasteiger partial charge in [0.1, 0.15) is 5.03 Å². The van der Waals surface area contributed by atoms with Crippen LogP contribution < -0.4 is 5.56 Å². The molecule has 1 fully saturated rings. The van der Waals surface area contributed by atoms with Crippen LogP contribution in [-0.4, -0.2) is 38.4 Å². The molecule has 8 heteroatoms. The second kappa shape index (κ2) is 9.18. The number of hydrogen-bond acceptors (Lipinski definition) is 5. The van der Waals surface area contributed by atoms with E-state index in [1.807, 2.05) is 30.0 Å². The molecule has 1 aliphatic rings. The van der Waals surface area contributed by atoms with E-state index in [9.17, 15) is 9.59 Å². The highest BCUT2D eigenvalue weighted by Gasteiger charge is 2.20. The van der Waals surface area contributed by atoms with Crippen LogP contribution in [-0.2, 0) is 6.54 Å². The van der Waals surface area contributed by atoms with Crippen LogP contribution >= 0.6 is 23.4 Å². The lowest BCUT2D eigenvalue weighted by molar-refractivity contribution is 0.0724. The van der Waals surface area contributed by atoms with E-state index >= 15 is 0 Å². The maximum atomic E-state index is 12.9. The lowest BCUT2D eigenvalue weighted by Gasteiger charge is -2.26. The van der Waals surface area contributed by atoms with Crippen molar-refractivity contribution in [1.29, 1.82) is 0 Å². The molecule has 6 nitrogen and oxygen atoms in total. The number of carbonyl (C=O) groups excluding carboxylic acids is 1. The number of carbonyl (C=O) groups is 1. The Kier molecular flexibility index (Phi) is 6.39. The van der Waals surface area contributed by atoms with Gasteiger partial charge in [-0.05, 0) is 55.6 Å². The van der Waals surface area contributed by atoms with Crippen molar-refractivity contribution in [2.24, 2.45) is 0 Å². The zero-order chi connectivity index (χ0) is 21.1. The number of fused-ring (bicyclic) bond motifs is 1. The molecule has 0 spiro atoms. The minimum Gasteiger partial charge on any atom is -0.339 e. The third-order valence-corrected chi connectivity index (χ3v) is 6.57. The molecule has 0 N–H and O–H groups in total. The Labute approximate surface area is 184 Å². The zero-order valence-electron chi connectivity index (χ0n) is 16.8. The van der Waals surface area contributed by atoms with E-state index < -0.39 is 0 Å². The summed E-state index contributed by atoms with van der Waals surface area (Å²) in [6, 6.07) is 8.98. The van der Waals surface area contributed by atoms with E-state index in [0.29, 0.717) is 38.2 Å². The molecule has 1 saturated heterocycles. The molecule has 0 aliphatic carbocycles. The van der Waals surface area contributed by atoms with Gasteiger partial charge in [0.15, 0.2) is 5.16 Å². The highest BCUT2D eigenvalue weighted by molar-refractivity contribution is 7.99. The van der Waals surface area contributed by atoms with E-state index in [1.165, 1.54) is 11.8 Å². The van der Waals surface area contributed by atoms with Gasteiger partial charge in [0.05, 0.1) is 21.5 Å². The summed E-state index contributed by atoms with van der Waals surface area (Å²) in [6.45, 7) is 4.12. The number of pyridine rings is 1. The topological polar surface area (TPSA) is 68.1 Å². The highest BCUT2D eigenvalue weighted by Crippen LogP contribution is 2.31. The molecule has 0 bridgehead atoms. The van der Waals surface area contributed by atoms with Crippen molar-refractivity contribution >= 4 is 40.2 Å². The van der Waals surface area contributed by atoms with Gasteiger partial charge in [0, 0.05) is 25.8 Å². The Balaban J connectivity index is 1.65. The maximum absolute atomic E-state index is 12.9. The molecule has 1 amide bonds. The van der Waals surface area contributed by atoms with Crippen molar-refractivity contribution in [3.63, 3.8) is 0 Å². The predicted molar refractivity (Wildman–Crippen MR) is 119 cm³/mol. The van der Waals surface area contributed by atoms with E-state index in [2.05, 4.69) is 9.97 Å². The molecule has 0 radical (unpaired) electrons. The number of aromatic nitrogens is 3. The summed E-state index contributed by atoms with van der Waals surface area (Å²) in [7, 11) is 0. The Hall–Kier alpha value is -2.38. The van der Waals surface area contributed by atoms with Gasteiger partial charge in [-0.1, -0.05) is 30.7 Å². The molecule has 1 aromatic carbocycles. The van der Waals surface area contributed by atoms with E-state index in [-0.39, 0.29) is 11.5 Å². The third-order valence-electron chi connectivity index (χ3n) is 5.16. The van der Waals surface area contributed by atoms with Gasteiger partial charge >= 0.3 is 0 Å². The van der Waals surface area contributed by atoms with E-state index in [1.54, 1.807) is 22.9 Å². The largest absolute Gasteiger partial charge is 0.339 e. The molecule has 3 heterocycles. The van der Waals surface area contributed by atoms with Gasteiger partial charge in [-0.3, -0.25) is 14.2 Å². The number of halogens is 1. The number of hydrogen-bond donors (Lipinski definition) is 0. The van der Waals surface area contributed by atoms with Crippen molar-refractivity contribution in [3.05, 3.63) is 57.5 Å². The second-order valence-corrected chi connectivity index (χ2v) is 8.70. The molecule has 0 atom stereocenters. The lowest BCUT2D eigenvalue weighted by atomic mass is 10.1. The quantitative estimate of drug-likeness (QED) is 0.539. The Morgan fingerprint density at radius 2 is 1.97 bits per heavy atom. The summed E-state index contributed by atoms with van der Waals surface area (Å²) in [4.78, 5) is 36.6. The van der Waals surface area contributed by atoms with Crippen molar-refractivity contribution in [2.75, 3.05) is 13.1 Å². The first-order valence-corrected chi connectivity index (χ1v) is 11.4. The number of amides is 1. The molecule has 0 saturated carbocycles. The van der Waals surface area contributed by atoms with Crippen LogP contribution in [0.5, 0.6) is 0 Å². The minimum absolute atomic E-state index is 0.0348. The number of benzene rings is 1. The number of nitrogens with zero attached hydrogens (tertiary/aromatic N) is 4. The first-order chi connectivity index (χ1) is 14.6. The average Bonchev–Trinajstić information content (AvgIpc) is 2.78. The molecule has 4 rings (SSSR count). The second-order valence-electron chi connectivity index (χ2n) is 7.33. The normalized spacial score (nSPS) is 14.3. The summed E-state index contributed by atoms with van der Waals surface area (Å²) in [5.41, 5.74) is 1.06. The third kappa shape index (κ3) is 4.23. The standard InChI is InChI=1S/C22H23ClN4O2S/c1-2-10-27-21(29)16-8-4-5-9-18(16)25-22(27)30-19-17(23)13-15(14-24-19)20(28)26-11-6-3-7-12-26/h4-5,8-9,13-14H,2-3,6-7,10-12H2,1H3. The van der Waals surface area contributed by atoms with Gasteiger partial charge in [-0.15, -0.1) is 0 Å². The summed E-state index contributed by atoms with van der Waals surface area (Å²) in [6.07, 6.45) is 5.59. The fourth-order valence-corrected chi connectivity index (χ4v) is 4.78. The van der Waals surface area contributed by atoms with Gasteiger partial charge in [-0.2, -0.15) is 0 Å². The molecular weight excluding hydrogens is 420 g/mol. The maximum Gasteiger partial charge on any atom is 0.262 e. The average molecular weight is 443 g/mol. The lowest BCUT2D eigenvalue weighted by Crippen LogP contribution is -2.35. The highest BCUT2D eigenvalue weighted by atomic mass is 35.5. The monoisotopic (exact) mass is 442 g/mol. The van der Waals surface area contributed by atoms with Crippen LogP contribution in [0.4, 0.5) is 0 Å². The van der Waals surface area contributed by atoms with Crippen LogP contribution in [0.2, 0.25) is 5.02 Å². The smallest absolute Gasteiger partial charge is 0.262 e. The molecule has 156 valence electrons.